The Balaban J connectivity index is 2.18. The van der Waals surface area contributed by atoms with E-state index >= 15 is 0 Å². The maximum atomic E-state index is 4.44. The monoisotopic (exact) mass is 164 g/mol. The fourth-order valence-corrected chi connectivity index (χ4v) is 5.11. The predicted octanol–water partition coefficient (Wildman–Crippen LogP) is 1.70. The van der Waals surface area contributed by atoms with Crippen LogP contribution < -0.4 is 0 Å². The Bertz CT molecular complexity index is 40.8. The van der Waals surface area contributed by atoms with Crippen LogP contribution in [0.2, 0.25) is 10.4 Å². The molecule has 1 aliphatic heterocycles. The molecule has 0 aromatic heterocycles. The van der Waals surface area contributed by atoms with Crippen LogP contribution in [-0.2, 0) is 0 Å². The van der Waals surface area contributed by atoms with Crippen LogP contribution in [0.5, 0.6) is 0 Å². The van der Waals surface area contributed by atoms with Gasteiger partial charge in [0.2, 0.25) is 0 Å². The first kappa shape index (κ1) is 5.05. The molecule has 0 unspecified atom stereocenters. The minimum absolute atomic E-state index is 0.410. The number of rotatable bonds is 0. The normalized spacial score (nSPS) is 25.5. The molecule has 1 saturated heterocycles. The topological polar surface area (TPSA) is 0 Å². The standard InChI is InChI=1S/C4H9AsS/c6-5-3-1-2-4-5/h6H,1-4H2. The van der Waals surface area contributed by atoms with Gasteiger partial charge in [0.05, 0.1) is 0 Å². The second kappa shape index (κ2) is 2.28. The van der Waals surface area contributed by atoms with E-state index in [0.717, 1.165) is 0 Å². The zero-order valence-corrected chi connectivity index (χ0v) is 6.49. The van der Waals surface area contributed by atoms with Crippen molar-refractivity contribution in [2.24, 2.45) is 0 Å². The second-order valence-electron chi connectivity index (χ2n) is 1.66. The van der Waals surface area contributed by atoms with E-state index < -0.39 is 13.5 Å². The van der Waals surface area contributed by atoms with Crippen molar-refractivity contribution in [3.63, 3.8) is 0 Å². The van der Waals surface area contributed by atoms with Gasteiger partial charge in [-0.25, -0.2) is 0 Å². The van der Waals surface area contributed by atoms with Crippen molar-refractivity contribution in [2.75, 3.05) is 0 Å². The number of thiol groups is 1. The Morgan fingerprint density at radius 2 is 1.67 bits per heavy atom. The molecule has 1 fully saturated rings. The van der Waals surface area contributed by atoms with Crippen LogP contribution in [0.25, 0.3) is 0 Å². The zero-order valence-electron chi connectivity index (χ0n) is 3.72. The summed E-state index contributed by atoms with van der Waals surface area (Å²) in [7, 11) is 4.44. The third-order valence-electron chi connectivity index (χ3n) is 1.08. The number of hydrogen-bond donors (Lipinski definition) is 1. The molecular formula is C4H9AsS. The van der Waals surface area contributed by atoms with Gasteiger partial charge in [-0.1, -0.05) is 0 Å². The third kappa shape index (κ3) is 1.20. The Labute approximate surface area is 48.0 Å². The first-order valence-electron chi connectivity index (χ1n) is 2.33. The van der Waals surface area contributed by atoms with E-state index in [-0.39, 0.29) is 0 Å². The van der Waals surface area contributed by atoms with Crippen LogP contribution in [0.4, 0.5) is 0 Å². The van der Waals surface area contributed by atoms with Gasteiger partial charge in [-0.15, -0.1) is 0 Å². The van der Waals surface area contributed by atoms with Crippen molar-refractivity contribution in [3.8, 4) is 0 Å². The van der Waals surface area contributed by atoms with Gasteiger partial charge < -0.3 is 0 Å². The second-order valence-corrected chi connectivity index (χ2v) is 8.60. The molecule has 0 atom stereocenters. The molecule has 0 aromatic rings. The quantitative estimate of drug-likeness (QED) is 0.409. The third-order valence-corrected chi connectivity index (χ3v) is 6.65. The van der Waals surface area contributed by atoms with E-state index in [1.165, 1.54) is 23.3 Å². The summed E-state index contributed by atoms with van der Waals surface area (Å²) >= 11 is -0.410. The molecule has 1 aliphatic rings. The van der Waals surface area contributed by atoms with Gasteiger partial charge in [-0.2, -0.15) is 0 Å². The molecule has 0 spiro atoms. The Morgan fingerprint density at radius 1 is 1.17 bits per heavy atom. The maximum absolute atomic E-state index is 4.44. The van der Waals surface area contributed by atoms with Gasteiger partial charge in [-0.3, -0.25) is 0 Å². The van der Waals surface area contributed by atoms with Crippen molar-refractivity contribution in [2.45, 2.75) is 23.3 Å². The summed E-state index contributed by atoms with van der Waals surface area (Å²) in [4.78, 5) is 0. The SMILES string of the molecule is S[As]1CCCC1. The molecule has 0 bridgehead atoms. The fourth-order valence-electron chi connectivity index (χ4n) is 0.700. The van der Waals surface area contributed by atoms with Crippen LogP contribution in [0.3, 0.4) is 0 Å². The summed E-state index contributed by atoms with van der Waals surface area (Å²) in [6, 6.07) is 0. The first-order chi connectivity index (χ1) is 2.89. The Hall–Kier alpha value is 0.908. The molecule has 0 N–H and O–H groups in total. The van der Waals surface area contributed by atoms with Gasteiger partial charge in [0, 0.05) is 0 Å². The number of hydrogen-bond acceptors (Lipinski definition) is 1. The zero-order chi connectivity index (χ0) is 4.41. The Morgan fingerprint density at radius 3 is 1.83 bits per heavy atom. The van der Waals surface area contributed by atoms with Crippen LogP contribution in [0.1, 0.15) is 12.8 Å². The van der Waals surface area contributed by atoms with Crippen molar-refractivity contribution in [3.05, 3.63) is 0 Å². The van der Waals surface area contributed by atoms with Crippen LogP contribution in [0, 0.1) is 0 Å². The van der Waals surface area contributed by atoms with E-state index in [2.05, 4.69) is 10.9 Å². The van der Waals surface area contributed by atoms with Gasteiger partial charge >= 0.3 is 47.6 Å². The Kier molecular flexibility index (Phi) is 1.92. The molecule has 36 valence electrons. The van der Waals surface area contributed by atoms with Crippen molar-refractivity contribution >= 4 is 24.4 Å². The van der Waals surface area contributed by atoms with Gasteiger partial charge in [0.1, 0.15) is 0 Å². The average Bonchev–Trinajstić information content (AvgIpc) is 1.86. The van der Waals surface area contributed by atoms with E-state index in [1.807, 2.05) is 0 Å². The molecule has 0 aliphatic carbocycles. The summed E-state index contributed by atoms with van der Waals surface area (Å²) < 4.78 is 0. The van der Waals surface area contributed by atoms with Gasteiger partial charge in [0.25, 0.3) is 0 Å². The van der Waals surface area contributed by atoms with E-state index in [1.54, 1.807) is 0 Å². The molecule has 6 heavy (non-hydrogen) atoms. The van der Waals surface area contributed by atoms with Crippen molar-refractivity contribution in [1.82, 2.24) is 0 Å². The van der Waals surface area contributed by atoms with Crippen LogP contribution in [-0.4, -0.2) is 13.5 Å². The predicted molar refractivity (Wildman–Crippen MR) is 33.6 cm³/mol. The molecule has 0 radical (unpaired) electrons. The minimum atomic E-state index is -0.410. The molecule has 1 heterocycles. The van der Waals surface area contributed by atoms with E-state index in [0.29, 0.717) is 0 Å². The molecule has 1 rings (SSSR count). The average molecular weight is 164 g/mol. The summed E-state index contributed by atoms with van der Waals surface area (Å²) in [5.41, 5.74) is 0. The van der Waals surface area contributed by atoms with E-state index in [4.69, 9.17) is 0 Å². The molecule has 0 nitrogen and oxygen atoms in total. The van der Waals surface area contributed by atoms with Gasteiger partial charge in [-0.05, 0) is 0 Å². The molecule has 0 saturated carbocycles. The van der Waals surface area contributed by atoms with Crippen LogP contribution >= 0.6 is 10.9 Å². The first-order valence-corrected chi connectivity index (χ1v) is 7.90. The van der Waals surface area contributed by atoms with Crippen molar-refractivity contribution < 1.29 is 0 Å². The van der Waals surface area contributed by atoms with Crippen LogP contribution in [0.15, 0.2) is 0 Å². The van der Waals surface area contributed by atoms with Crippen molar-refractivity contribution in [1.29, 1.82) is 0 Å². The summed E-state index contributed by atoms with van der Waals surface area (Å²) in [6.45, 7) is 0. The van der Waals surface area contributed by atoms with E-state index in [9.17, 15) is 0 Å². The summed E-state index contributed by atoms with van der Waals surface area (Å²) in [6.07, 6.45) is 2.95. The van der Waals surface area contributed by atoms with Gasteiger partial charge in [0.15, 0.2) is 0 Å². The summed E-state index contributed by atoms with van der Waals surface area (Å²) in [5, 5.41) is 2.99. The molecular weight excluding hydrogens is 155 g/mol. The summed E-state index contributed by atoms with van der Waals surface area (Å²) in [5.74, 6) is 0. The molecule has 2 heteroatoms. The molecule has 0 amide bonds. The molecule has 0 aromatic carbocycles. The fraction of sp³-hybridized carbons (Fsp3) is 1.00.